The second-order valence-corrected chi connectivity index (χ2v) is 17.3. The van der Waals surface area contributed by atoms with Crippen LogP contribution in [0.2, 0.25) is 39.3 Å². The van der Waals surface area contributed by atoms with E-state index in [-0.39, 0.29) is 0 Å². The van der Waals surface area contributed by atoms with Crippen LogP contribution in [-0.4, -0.2) is 23.3 Å². The smallest absolute Gasteiger partial charge is 0.0780 e. The van der Waals surface area contributed by atoms with E-state index in [1.165, 1.54) is 11.1 Å². The molecule has 0 fully saturated rings. The highest BCUT2D eigenvalue weighted by Gasteiger charge is 2.25. The first-order valence-electron chi connectivity index (χ1n) is 6.71. The van der Waals surface area contributed by atoms with Crippen LogP contribution in [0, 0.1) is 6.92 Å². The Kier molecular flexibility index (Phi) is 4.62. The molecule has 18 heavy (non-hydrogen) atoms. The molecule has 0 aliphatic carbocycles. The first kappa shape index (κ1) is 15.7. The molecule has 102 valence electrons. The van der Waals surface area contributed by atoms with Crippen molar-refractivity contribution in [2.45, 2.75) is 52.8 Å². The molecule has 1 rings (SSSR count). The fourth-order valence-electron chi connectivity index (χ4n) is 2.53. The molecule has 0 saturated heterocycles. The maximum absolute atomic E-state index is 5.41. The zero-order valence-electron chi connectivity index (χ0n) is 13.3. The Bertz CT molecular complexity index is 425. The number of benzene rings is 1. The first-order valence-corrected chi connectivity index (χ1v) is 13.7. The molecule has 0 radical (unpaired) electrons. The Hall–Kier alpha value is -0.386. The van der Waals surface area contributed by atoms with E-state index in [4.69, 9.17) is 4.74 Å². The molecular formula is C15H28OSi2. The summed E-state index contributed by atoms with van der Waals surface area (Å²) < 4.78 is 5.41. The van der Waals surface area contributed by atoms with Crippen molar-refractivity contribution in [2.24, 2.45) is 0 Å². The molecule has 3 heteroatoms. The van der Waals surface area contributed by atoms with Crippen molar-refractivity contribution in [2.75, 3.05) is 7.11 Å². The van der Waals surface area contributed by atoms with E-state index in [0.29, 0.717) is 0 Å². The van der Waals surface area contributed by atoms with Gasteiger partial charge in [0.05, 0.1) is 22.8 Å². The van der Waals surface area contributed by atoms with E-state index in [9.17, 15) is 0 Å². The predicted molar refractivity (Wildman–Crippen MR) is 87.9 cm³/mol. The summed E-state index contributed by atoms with van der Waals surface area (Å²) in [7, 11) is -0.760. The van der Waals surface area contributed by atoms with Gasteiger partial charge in [0.1, 0.15) is 0 Å². The van der Waals surface area contributed by atoms with Crippen molar-refractivity contribution in [3.63, 3.8) is 0 Å². The van der Waals surface area contributed by atoms with Gasteiger partial charge in [0.2, 0.25) is 0 Å². The van der Waals surface area contributed by atoms with Gasteiger partial charge in [-0.3, -0.25) is 0 Å². The van der Waals surface area contributed by atoms with Crippen LogP contribution in [0.15, 0.2) is 12.1 Å². The summed E-state index contributed by atoms with van der Waals surface area (Å²) >= 11 is 0. The van der Waals surface area contributed by atoms with Gasteiger partial charge < -0.3 is 4.74 Å². The molecule has 0 amide bonds. The van der Waals surface area contributed by atoms with Crippen LogP contribution in [0.1, 0.15) is 11.1 Å². The Labute approximate surface area is 115 Å². The molecule has 0 heterocycles. The average molecular weight is 281 g/mol. The van der Waals surface area contributed by atoms with Crippen molar-refractivity contribution in [3.05, 3.63) is 23.3 Å². The summed E-state index contributed by atoms with van der Waals surface area (Å²) in [5.74, 6) is 0. The van der Waals surface area contributed by atoms with E-state index < -0.39 is 16.1 Å². The molecule has 0 aliphatic rings. The molecule has 0 N–H and O–H groups in total. The number of hydrogen-bond acceptors (Lipinski definition) is 1. The average Bonchev–Trinajstić information content (AvgIpc) is 2.17. The van der Waals surface area contributed by atoms with Gasteiger partial charge in [-0.05, 0) is 12.5 Å². The lowest BCUT2D eigenvalue weighted by Gasteiger charge is -2.27. The minimum Gasteiger partial charge on any atom is -0.380 e. The van der Waals surface area contributed by atoms with E-state index in [1.807, 2.05) is 0 Å². The number of aryl methyl sites for hydroxylation is 1. The fourth-order valence-corrected chi connectivity index (χ4v) is 6.15. The summed E-state index contributed by atoms with van der Waals surface area (Å²) in [6, 6.07) is 4.87. The van der Waals surface area contributed by atoms with Gasteiger partial charge in [-0.15, -0.1) is 0 Å². The van der Waals surface area contributed by atoms with Crippen LogP contribution >= 0.6 is 0 Å². The molecule has 0 atom stereocenters. The lowest BCUT2D eigenvalue weighted by Crippen LogP contribution is -2.46. The summed E-state index contributed by atoms with van der Waals surface area (Å²) in [5.41, 5.74) is 2.89. The third-order valence-corrected chi connectivity index (χ3v) is 7.60. The van der Waals surface area contributed by atoms with E-state index >= 15 is 0 Å². The Morgan fingerprint density at radius 3 is 1.78 bits per heavy atom. The molecule has 0 aromatic heterocycles. The molecule has 1 nitrogen and oxygen atoms in total. The monoisotopic (exact) mass is 280 g/mol. The number of ether oxygens (including phenoxy) is 1. The number of methoxy groups -OCH3 is 1. The first-order chi connectivity index (χ1) is 8.07. The zero-order chi connectivity index (χ0) is 14.1. The third kappa shape index (κ3) is 3.56. The molecule has 0 spiro atoms. The van der Waals surface area contributed by atoms with Gasteiger partial charge in [0.15, 0.2) is 0 Å². The Balaban J connectivity index is 3.44. The predicted octanol–water partition coefficient (Wildman–Crippen LogP) is 3.23. The fraction of sp³-hybridized carbons (Fsp3) is 0.600. The molecule has 0 aliphatic heterocycles. The van der Waals surface area contributed by atoms with E-state index in [2.05, 4.69) is 58.3 Å². The molecule has 0 bridgehead atoms. The largest absolute Gasteiger partial charge is 0.380 e. The van der Waals surface area contributed by atoms with Crippen LogP contribution < -0.4 is 10.4 Å². The summed E-state index contributed by atoms with van der Waals surface area (Å²) in [6.07, 6.45) is 0. The lowest BCUT2D eigenvalue weighted by molar-refractivity contribution is 0.185. The maximum atomic E-state index is 5.41. The Morgan fingerprint density at radius 2 is 1.39 bits per heavy atom. The topological polar surface area (TPSA) is 9.23 Å². The van der Waals surface area contributed by atoms with Crippen LogP contribution in [-0.2, 0) is 11.3 Å². The van der Waals surface area contributed by atoms with E-state index in [0.717, 1.165) is 6.61 Å². The third-order valence-electron chi connectivity index (χ3n) is 3.37. The molecule has 1 aromatic carbocycles. The van der Waals surface area contributed by atoms with Crippen molar-refractivity contribution in [1.29, 1.82) is 0 Å². The van der Waals surface area contributed by atoms with Crippen LogP contribution in [0.5, 0.6) is 0 Å². The highest BCUT2D eigenvalue weighted by molar-refractivity contribution is 6.90. The molecule has 1 aromatic rings. The maximum Gasteiger partial charge on any atom is 0.0780 e. The van der Waals surface area contributed by atoms with Crippen LogP contribution in [0.3, 0.4) is 0 Å². The molecule has 0 saturated carbocycles. The molecule has 0 unspecified atom stereocenters. The van der Waals surface area contributed by atoms with Crippen molar-refractivity contribution >= 4 is 26.5 Å². The second kappa shape index (κ2) is 5.31. The van der Waals surface area contributed by atoms with Gasteiger partial charge in [-0.2, -0.15) is 0 Å². The van der Waals surface area contributed by atoms with Gasteiger partial charge >= 0.3 is 0 Å². The van der Waals surface area contributed by atoms with Crippen molar-refractivity contribution < 1.29 is 4.74 Å². The quantitative estimate of drug-likeness (QED) is 0.770. The highest BCUT2D eigenvalue weighted by Crippen LogP contribution is 2.13. The van der Waals surface area contributed by atoms with Gasteiger partial charge in [-0.1, -0.05) is 67.4 Å². The SMILES string of the molecule is COCc1cc([Si](C)(C)C)c(C)cc1[Si](C)(C)C. The van der Waals surface area contributed by atoms with Gasteiger partial charge in [0.25, 0.3) is 0 Å². The van der Waals surface area contributed by atoms with Crippen molar-refractivity contribution in [3.8, 4) is 0 Å². The standard InChI is InChI=1S/C15H28OSi2/c1-12-9-15(18(6,7)8)13(11-16-2)10-14(12)17(3,4)5/h9-10H,11H2,1-8H3. The minimum atomic E-state index is -1.29. The number of rotatable bonds is 4. The minimum absolute atomic E-state index is 0.747. The summed E-state index contributed by atoms with van der Waals surface area (Å²) in [4.78, 5) is 0. The van der Waals surface area contributed by atoms with Gasteiger partial charge in [0, 0.05) is 7.11 Å². The highest BCUT2D eigenvalue weighted by atomic mass is 28.3. The van der Waals surface area contributed by atoms with E-state index in [1.54, 1.807) is 17.5 Å². The second-order valence-electron chi connectivity index (χ2n) is 7.26. The summed E-state index contributed by atoms with van der Waals surface area (Å²) in [6.45, 7) is 17.5. The normalized spacial score (nSPS) is 12.9. The van der Waals surface area contributed by atoms with Crippen LogP contribution in [0.4, 0.5) is 0 Å². The summed E-state index contributed by atoms with van der Waals surface area (Å²) in [5, 5.41) is 3.14. The van der Waals surface area contributed by atoms with Gasteiger partial charge in [-0.25, -0.2) is 0 Å². The Morgan fingerprint density at radius 1 is 0.889 bits per heavy atom. The number of hydrogen-bond donors (Lipinski definition) is 0. The lowest BCUT2D eigenvalue weighted by atomic mass is 10.1. The zero-order valence-corrected chi connectivity index (χ0v) is 15.3. The van der Waals surface area contributed by atoms with Crippen molar-refractivity contribution in [1.82, 2.24) is 0 Å². The molecular weight excluding hydrogens is 252 g/mol. The van der Waals surface area contributed by atoms with Crippen LogP contribution in [0.25, 0.3) is 0 Å².